The minimum absolute atomic E-state index is 0.339. The molecule has 0 amide bonds. The highest BCUT2D eigenvalue weighted by atomic mass is 28.3. The van der Waals surface area contributed by atoms with Crippen molar-refractivity contribution in [3.05, 3.63) is 42.6 Å². The summed E-state index contributed by atoms with van der Waals surface area (Å²) in [4.78, 5) is 8.00. The molecule has 0 atom stereocenters. The van der Waals surface area contributed by atoms with Crippen LogP contribution in [0, 0.1) is 5.95 Å². The lowest BCUT2D eigenvalue weighted by Gasteiger charge is -2.15. The Morgan fingerprint density at radius 3 is 2.75 bits per heavy atom. The molecule has 0 saturated heterocycles. The SMILES string of the molecule is C[Si](C)(C)CCOCn1nc(-c2ccnc(F)c2)c2cccnc21. The molecule has 5 nitrogen and oxygen atoms in total. The summed E-state index contributed by atoms with van der Waals surface area (Å²) >= 11 is 0. The molecule has 3 aromatic rings. The molecule has 0 spiro atoms. The summed E-state index contributed by atoms with van der Waals surface area (Å²) in [5, 5.41) is 5.45. The summed E-state index contributed by atoms with van der Waals surface area (Å²) in [6.45, 7) is 8.00. The van der Waals surface area contributed by atoms with Gasteiger partial charge in [0.1, 0.15) is 12.4 Å². The molecule has 0 aliphatic carbocycles. The molecule has 3 rings (SSSR count). The lowest BCUT2D eigenvalue weighted by atomic mass is 10.1. The second-order valence-electron chi connectivity index (χ2n) is 6.94. The number of pyridine rings is 2. The third-order valence-electron chi connectivity index (χ3n) is 3.72. The predicted octanol–water partition coefficient (Wildman–Crippen LogP) is 3.94. The fourth-order valence-corrected chi connectivity index (χ4v) is 3.15. The first kappa shape index (κ1) is 16.7. The van der Waals surface area contributed by atoms with E-state index in [2.05, 4.69) is 34.7 Å². The number of fused-ring (bicyclic) bond motifs is 1. The number of rotatable bonds is 6. The van der Waals surface area contributed by atoms with Crippen molar-refractivity contribution in [2.45, 2.75) is 32.4 Å². The summed E-state index contributed by atoms with van der Waals surface area (Å²) in [6.07, 6.45) is 3.16. The van der Waals surface area contributed by atoms with E-state index in [9.17, 15) is 4.39 Å². The number of aromatic nitrogens is 4. The average molecular weight is 344 g/mol. The van der Waals surface area contributed by atoms with Gasteiger partial charge in [-0.05, 0) is 24.2 Å². The Balaban J connectivity index is 1.87. The minimum atomic E-state index is -1.12. The maximum atomic E-state index is 13.4. The number of ether oxygens (including phenoxy) is 1. The third kappa shape index (κ3) is 3.85. The Kier molecular flexibility index (Phi) is 4.73. The van der Waals surface area contributed by atoms with Crippen molar-refractivity contribution in [1.29, 1.82) is 0 Å². The Morgan fingerprint density at radius 2 is 2.00 bits per heavy atom. The van der Waals surface area contributed by atoms with Gasteiger partial charge in [-0.25, -0.2) is 14.6 Å². The van der Waals surface area contributed by atoms with E-state index in [-0.39, 0.29) is 0 Å². The van der Waals surface area contributed by atoms with Crippen LogP contribution in [0.5, 0.6) is 0 Å². The van der Waals surface area contributed by atoms with Gasteiger partial charge < -0.3 is 4.74 Å². The topological polar surface area (TPSA) is 52.8 Å². The van der Waals surface area contributed by atoms with Crippen LogP contribution in [0.1, 0.15) is 0 Å². The van der Waals surface area contributed by atoms with Crippen molar-refractivity contribution < 1.29 is 9.13 Å². The smallest absolute Gasteiger partial charge is 0.213 e. The molecule has 0 aromatic carbocycles. The summed E-state index contributed by atoms with van der Waals surface area (Å²) < 4.78 is 21.0. The summed E-state index contributed by atoms with van der Waals surface area (Å²) in [5.74, 6) is -0.523. The van der Waals surface area contributed by atoms with E-state index in [1.165, 1.54) is 12.3 Å². The Morgan fingerprint density at radius 1 is 1.17 bits per heavy atom. The fraction of sp³-hybridized carbons (Fsp3) is 0.353. The van der Waals surface area contributed by atoms with E-state index in [1.807, 2.05) is 12.1 Å². The van der Waals surface area contributed by atoms with Crippen LogP contribution in [0.4, 0.5) is 4.39 Å². The van der Waals surface area contributed by atoms with Gasteiger partial charge in [0.2, 0.25) is 5.95 Å². The molecular weight excluding hydrogens is 323 g/mol. The first-order valence-corrected chi connectivity index (χ1v) is 11.7. The van der Waals surface area contributed by atoms with Gasteiger partial charge in [0, 0.05) is 44.1 Å². The molecule has 126 valence electrons. The normalized spacial score (nSPS) is 12.0. The molecule has 3 aromatic heterocycles. The van der Waals surface area contributed by atoms with Gasteiger partial charge >= 0.3 is 0 Å². The number of halogens is 1. The van der Waals surface area contributed by atoms with Crippen molar-refractivity contribution in [2.24, 2.45) is 0 Å². The second kappa shape index (κ2) is 6.78. The van der Waals surface area contributed by atoms with Crippen molar-refractivity contribution >= 4 is 19.1 Å². The summed E-state index contributed by atoms with van der Waals surface area (Å²) in [5.41, 5.74) is 2.10. The molecule has 3 heterocycles. The van der Waals surface area contributed by atoms with Gasteiger partial charge in [0.05, 0.1) is 0 Å². The molecule has 7 heteroatoms. The molecule has 0 unspecified atom stereocenters. The van der Waals surface area contributed by atoms with Crippen molar-refractivity contribution in [2.75, 3.05) is 6.61 Å². The van der Waals surface area contributed by atoms with Crippen LogP contribution in [0.25, 0.3) is 22.3 Å². The largest absolute Gasteiger partial charge is 0.359 e. The fourth-order valence-electron chi connectivity index (χ4n) is 2.39. The maximum Gasteiger partial charge on any atom is 0.213 e. The van der Waals surface area contributed by atoms with Crippen LogP contribution in [-0.2, 0) is 11.5 Å². The first-order chi connectivity index (χ1) is 11.4. The Labute approximate surface area is 141 Å². The summed E-state index contributed by atoms with van der Waals surface area (Å²) in [6, 6.07) is 8.00. The van der Waals surface area contributed by atoms with E-state index < -0.39 is 14.0 Å². The molecule has 24 heavy (non-hydrogen) atoms. The van der Waals surface area contributed by atoms with Crippen LogP contribution in [0.3, 0.4) is 0 Å². The molecule has 0 radical (unpaired) electrons. The van der Waals surface area contributed by atoms with Gasteiger partial charge in [-0.15, -0.1) is 0 Å². The quantitative estimate of drug-likeness (QED) is 0.386. The minimum Gasteiger partial charge on any atom is -0.359 e. The van der Waals surface area contributed by atoms with Crippen molar-refractivity contribution in [1.82, 2.24) is 19.7 Å². The maximum absolute atomic E-state index is 13.4. The highest BCUT2D eigenvalue weighted by molar-refractivity contribution is 6.76. The number of nitrogens with zero attached hydrogens (tertiary/aromatic N) is 4. The van der Waals surface area contributed by atoms with Gasteiger partial charge in [0.25, 0.3) is 0 Å². The lowest BCUT2D eigenvalue weighted by Crippen LogP contribution is -2.22. The van der Waals surface area contributed by atoms with Crippen molar-refractivity contribution in [3.63, 3.8) is 0 Å². The van der Waals surface area contributed by atoms with E-state index in [0.29, 0.717) is 24.6 Å². The lowest BCUT2D eigenvalue weighted by molar-refractivity contribution is 0.0814. The zero-order chi connectivity index (χ0) is 17.2. The van der Waals surface area contributed by atoms with E-state index in [0.717, 1.165) is 17.1 Å². The van der Waals surface area contributed by atoms with Crippen LogP contribution in [0.15, 0.2) is 36.7 Å². The standard InChI is InChI=1S/C17H21FN4OSi/c1-24(2,3)10-9-23-12-22-17-14(5-4-7-20-17)16(21-22)13-6-8-19-15(18)11-13/h4-8,11H,9-10,12H2,1-3H3. The van der Waals surface area contributed by atoms with Gasteiger partial charge in [-0.3, -0.25) is 0 Å². The van der Waals surface area contributed by atoms with Crippen LogP contribution >= 0.6 is 0 Å². The zero-order valence-corrected chi connectivity index (χ0v) is 15.2. The number of hydrogen-bond acceptors (Lipinski definition) is 4. The molecule has 0 saturated carbocycles. The van der Waals surface area contributed by atoms with Gasteiger partial charge in [0.15, 0.2) is 5.65 Å². The number of hydrogen-bond donors (Lipinski definition) is 0. The van der Waals surface area contributed by atoms with Crippen LogP contribution < -0.4 is 0 Å². The summed E-state index contributed by atoms with van der Waals surface area (Å²) in [7, 11) is -1.12. The first-order valence-electron chi connectivity index (χ1n) is 7.95. The van der Waals surface area contributed by atoms with E-state index in [4.69, 9.17) is 4.74 Å². The van der Waals surface area contributed by atoms with Gasteiger partial charge in [-0.2, -0.15) is 9.49 Å². The third-order valence-corrected chi connectivity index (χ3v) is 5.42. The average Bonchev–Trinajstić information content (AvgIpc) is 2.90. The molecule has 0 aliphatic rings. The van der Waals surface area contributed by atoms with Crippen LogP contribution in [0.2, 0.25) is 25.7 Å². The molecule has 0 bridgehead atoms. The highest BCUT2D eigenvalue weighted by Gasteiger charge is 2.15. The monoisotopic (exact) mass is 344 g/mol. The second-order valence-corrected chi connectivity index (χ2v) is 12.6. The predicted molar refractivity (Wildman–Crippen MR) is 94.8 cm³/mol. The van der Waals surface area contributed by atoms with Crippen molar-refractivity contribution in [3.8, 4) is 11.3 Å². The molecule has 0 aliphatic heterocycles. The van der Waals surface area contributed by atoms with Crippen LogP contribution in [-0.4, -0.2) is 34.4 Å². The van der Waals surface area contributed by atoms with Gasteiger partial charge in [-0.1, -0.05) is 19.6 Å². The molecular formula is C17H21FN4OSi. The zero-order valence-electron chi connectivity index (χ0n) is 14.2. The Hall–Kier alpha value is -2.12. The van der Waals surface area contributed by atoms with E-state index >= 15 is 0 Å². The Bertz CT molecular complexity index is 844. The van der Waals surface area contributed by atoms with E-state index in [1.54, 1.807) is 16.9 Å². The molecule has 0 N–H and O–H groups in total. The molecule has 0 fully saturated rings. The highest BCUT2D eigenvalue weighted by Crippen LogP contribution is 2.26.